The van der Waals surface area contributed by atoms with Gasteiger partial charge in [-0.1, -0.05) is 23.7 Å². The van der Waals surface area contributed by atoms with Crippen molar-refractivity contribution in [2.45, 2.75) is 43.0 Å². The Balaban J connectivity index is 1.46. The average molecular weight is 548 g/mol. The fourth-order valence-electron chi connectivity index (χ4n) is 4.01. The number of nitrogens with one attached hydrogen (secondary N) is 1. The Bertz CT molecular complexity index is 1220. The molecular formula is C25H30ClN5O3S2. The van der Waals surface area contributed by atoms with E-state index in [1.165, 1.54) is 4.21 Å². The molecule has 0 radical (unpaired) electrons. The zero-order chi connectivity index (χ0) is 25.9. The van der Waals surface area contributed by atoms with Crippen molar-refractivity contribution in [1.29, 1.82) is 0 Å². The Labute approximate surface area is 224 Å². The molecule has 1 aliphatic heterocycles. The van der Waals surface area contributed by atoms with E-state index in [2.05, 4.69) is 26.3 Å². The third-order valence-electron chi connectivity index (χ3n) is 5.70. The second-order valence-electron chi connectivity index (χ2n) is 9.52. The number of hydrogen-bond donors (Lipinski definition) is 1. The molecule has 0 saturated carbocycles. The van der Waals surface area contributed by atoms with Crippen LogP contribution in [0.2, 0.25) is 5.02 Å². The quantitative estimate of drug-likeness (QED) is 0.441. The van der Waals surface area contributed by atoms with Crippen LogP contribution < -0.4 is 10.2 Å². The predicted molar refractivity (Wildman–Crippen MR) is 146 cm³/mol. The third-order valence-corrected chi connectivity index (χ3v) is 8.14. The third kappa shape index (κ3) is 6.60. The van der Waals surface area contributed by atoms with E-state index in [4.69, 9.17) is 16.3 Å². The van der Waals surface area contributed by atoms with Crippen molar-refractivity contribution >= 4 is 62.7 Å². The van der Waals surface area contributed by atoms with Crippen LogP contribution >= 0.6 is 34.7 Å². The number of rotatable bonds is 6. The maximum atomic E-state index is 13.6. The lowest BCUT2D eigenvalue weighted by molar-refractivity contribution is -0.133. The summed E-state index contributed by atoms with van der Waals surface area (Å²) >= 11 is 9.40. The minimum atomic E-state index is -0.750. The first-order valence-corrected chi connectivity index (χ1v) is 14.1. The summed E-state index contributed by atoms with van der Waals surface area (Å²) in [5, 5.41) is 3.41. The van der Waals surface area contributed by atoms with Crippen LogP contribution in [0, 0.1) is 0 Å². The van der Waals surface area contributed by atoms with Gasteiger partial charge < -0.3 is 19.9 Å². The number of halogens is 1. The summed E-state index contributed by atoms with van der Waals surface area (Å²) < 4.78 is 7.68. The van der Waals surface area contributed by atoms with E-state index in [0.29, 0.717) is 37.6 Å². The lowest BCUT2D eigenvalue weighted by Crippen LogP contribution is -2.56. The minimum Gasteiger partial charge on any atom is -0.444 e. The Hall–Kier alpha value is -2.56. The average Bonchev–Trinajstić information content (AvgIpc) is 3.27. The van der Waals surface area contributed by atoms with E-state index in [1.807, 2.05) is 18.4 Å². The fraction of sp³-hybridized carbons (Fsp3) is 0.440. The largest absolute Gasteiger partial charge is 0.444 e. The van der Waals surface area contributed by atoms with E-state index < -0.39 is 17.7 Å². The number of carbonyl (C=O) groups is 2. The van der Waals surface area contributed by atoms with E-state index in [1.54, 1.807) is 67.2 Å². The van der Waals surface area contributed by atoms with Gasteiger partial charge in [0.25, 0.3) is 0 Å². The van der Waals surface area contributed by atoms with Gasteiger partial charge in [-0.15, -0.1) is 23.1 Å². The topological polar surface area (TPSA) is 87.7 Å². The first-order chi connectivity index (χ1) is 17.1. The number of fused-ring (bicyclic) bond motifs is 1. The summed E-state index contributed by atoms with van der Waals surface area (Å²) in [7, 11) is 0. The molecule has 1 saturated heterocycles. The molecule has 3 aromatic rings. The van der Waals surface area contributed by atoms with Gasteiger partial charge >= 0.3 is 6.09 Å². The van der Waals surface area contributed by atoms with Gasteiger partial charge in [-0.3, -0.25) is 4.79 Å². The van der Waals surface area contributed by atoms with Crippen LogP contribution in [0.1, 0.15) is 26.3 Å². The first-order valence-electron chi connectivity index (χ1n) is 11.7. The molecule has 1 atom stereocenters. The fourth-order valence-corrected chi connectivity index (χ4v) is 5.81. The molecule has 0 aliphatic carbocycles. The maximum absolute atomic E-state index is 13.6. The monoisotopic (exact) mass is 547 g/mol. The molecule has 1 aliphatic rings. The highest BCUT2D eigenvalue weighted by atomic mass is 35.5. The van der Waals surface area contributed by atoms with Gasteiger partial charge in [0.05, 0.1) is 14.4 Å². The molecular weight excluding hydrogens is 518 g/mol. The molecule has 1 aromatic carbocycles. The summed E-state index contributed by atoms with van der Waals surface area (Å²) in [6, 6.07) is 8.61. The van der Waals surface area contributed by atoms with Crippen molar-refractivity contribution in [2.24, 2.45) is 0 Å². The van der Waals surface area contributed by atoms with Gasteiger partial charge in [-0.25, -0.2) is 14.8 Å². The van der Waals surface area contributed by atoms with E-state index in [-0.39, 0.29) is 5.91 Å². The molecule has 1 N–H and O–H groups in total. The summed E-state index contributed by atoms with van der Waals surface area (Å²) in [6.45, 7) is 7.72. The van der Waals surface area contributed by atoms with Gasteiger partial charge in [0.2, 0.25) is 5.91 Å². The number of ether oxygens (including phenoxy) is 1. The van der Waals surface area contributed by atoms with Crippen molar-refractivity contribution in [3.8, 4) is 0 Å². The number of alkyl carbamates (subject to hydrolysis) is 1. The van der Waals surface area contributed by atoms with Crippen molar-refractivity contribution in [2.75, 3.05) is 37.3 Å². The number of benzene rings is 1. The molecule has 2 amide bonds. The number of nitrogens with zero attached hydrogens (tertiary/aromatic N) is 4. The van der Waals surface area contributed by atoms with Crippen molar-refractivity contribution < 1.29 is 14.3 Å². The van der Waals surface area contributed by atoms with E-state index >= 15 is 0 Å². The molecule has 1 fully saturated rings. The van der Waals surface area contributed by atoms with Crippen LogP contribution in [0.25, 0.3) is 10.2 Å². The first kappa shape index (κ1) is 26.5. The molecule has 3 heterocycles. The molecule has 2 aromatic heterocycles. The Morgan fingerprint density at radius 2 is 1.86 bits per heavy atom. The zero-order valence-corrected chi connectivity index (χ0v) is 23.2. The normalized spacial score (nSPS) is 15.1. The van der Waals surface area contributed by atoms with Crippen LogP contribution in [0.3, 0.4) is 0 Å². The molecule has 0 bridgehead atoms. The van der Waals surface area contributed by atoms with Gasteiger partial charge in [-0.05, 0) is 50.8 Å². The van der Waals surface area contributed by atoms with Gasteiger partial charge in [0.15, 0.2) is 0 Å². The predicted octanol–water partition coefficient (Wildman–Crippen LogP) is 4.85. The summed E-state index contributed by atoms with van der Waals surface area (Å²) in [5.41, 5.74) is 1.18. The van der Waals surface area contributed by atoms with Crippen LogP contribution in [0.5, 0.6) is 0 Å². The van der Waals surface area contributed by atoms with Crippen molar-refractivity contribution in [3.05, 3.63) is 47.2 Å². The second-order valence-corrected chi connectivity index (χ2v) is 12.1. The van der Waals surface area contributed by atoms with Crippen LogP contribution in [-0.2, 0) is 16.0 Å². The number of carbonyl (C=O) groups excluding carboxylic acids is 2. The number of aromatic nitrogens is 2. The van der Waals surface area contributed by atoms with Gasteiger partial charge in [0, 0.05) is 37.6 Å². The number of anilines is 1. The zero-order valence-electron chi connectivity index (χ0n) is 20.8. The molecule has 11 heteroatoms. The summed E-state index contributed by atoms with van der Waals surface area (Å²) in [6.07, 6.45) is 3.38. The van der Waals surface area contributed by atoms with Crippen molar-refractivity contribution in [3.63, 3.8) is 0 Å². The molecule has 36 heavy (non-hydrogen) atoms. The molecule has 8 nitrogen and oxygen atoms in total. The Morgan fingerprint density at radius 3 is 2.50 bits per heavy atom. The SMILES string of the molecule is CSc1cc2ncnc(N3CCN(C(=O)C(Cc4ccc(Cl)cc4)NC(=O)OC(C)(C)C)CC3)c2s1. The Morgan fingerprint density at radius 1 is 1.17 bits per heavy atom. The van der Waals surface area contributed by atoms with Gasteiger partial charge in [0.1, 0.15) is 23.8 Å². The summed E-state index contributed by atoms with van der Waals surface area (Å²) in [4.78, 5) is 39.0. The highest BCUT2D eigenvalue weighted by molar-refractivity contribution is 8.00. The van der Waals surface area contributed by atoms with Crippen LogP contribution in [0.4, 0.5) is 10.6 Å². The standard InChI is InChI=1S/C25H30ClN5O3S2/c1-25(2,3)34-24(33)29-19(13-16-5-7-17(26)8-6-16)23(32)31-11-9-30(10-12-31)22-21-18(27-15-28-22)14-20(35-4)36-21/h5-8,14-15,19H,9-13H2,1-4H3,(H,29,33). The minimum absolute atomic E-state index is 0.135. The smallest absolute Gasteiger partial charge is 0.408 e. The van der Waals surface area contributed by atoms with E-state index in [9.17, 15) is 9.59 Å². The molecule has 1 unspecified atom stereocenters. The second kappa shape index (κ2) is 11.2. The number of thioether (sulfide) groups is 1. The summed E-state index contributed by atoms with van der Waals surface area (Å²) in [5.74, 6) is 0.770. The van der Waals surface area contributed by atoms with Crippen molar-refractivity contribution in [1.82, 2.24) is 20.2 Å². The van der Waals surface area contributed by atoms with Gasteiger partial charge in [-0.2, -0.15) is 0 Å². The van der Waals surface area contributed by atoms with Crippen LogP contribution in [0.15, 0.2) is 40.9 Å². The lowest BCUT2D eigenvalue weighted by atomic mass is 10.0. The number of amides is 2. The molecule has 192 valence electrons. The van der Waals surface area contributed by atoms with E-state index in [0.717, 1.165) is 21.6 Å². The highest BCUT2D eigenvalue weighted by Gasteiger charge is 2.31. The van der Waals surface area contributed by atoms with Crippen LogP contribution in [-0.4, -0.2) is 70.9 Å². The maximum Gasteiger partial charge on any atom is 0.408 e. The number of hydrogen-bond acceptors (Lipinski definition) is 8. The number of piperazine rings is 1. The molecule has 4 rings (SSSR count). The molecule has 0 spiro atoms. The number of thiophene rings is 1. The highest BCUT2D eigenvalue weighted by Crippen LogP contribution is 2.35. The lowest BCUT2D eigenvalue weighted by Gasteiger charge is -2.37. The Kier molecular flexibility index (Phi) is 8.27.